The average Bonchev–Trinajstić information content (AvgIpc) is 2.87. The van der Waals surface area contributed by atoms with Crippen molar-refractivity contribution >= 4 is 33.6 Å². The second-order valence-electron chi connectivity index (χ2n) is 9.35. The Morgan fingerprint density at radius 3 is 2.17 bits per heavy atom. The van der Waals surface area contributed by atoms with E-state index in [1.165, 1.54) is 11.0 Å². The van der Waals surface area contributed by atoms with Crippen LogP contribution in [0.5, 0.6) is 5.75 Å². The van der Waals surface area contributed by atoms with E-state index in [9.17, 15) is 14.4 Å². The van der Waals surface area contributed by atoms with Gasteiger partial charge in [0.25, 0.3) is 11.8 Å². The summed E-state index contributed by atoms with van der Waals surface area (Å²) in [5.41, 5.74) is 2.32. The van der Waals surface area contributed by atoms with Crippen molar-refractivity contribution in [1.82, 2.24) is 4.90 Å². The number of unbranched alkanes of at least 4 members (excludes halogenated alkanes) is 5. The summed E-state index contributed by atoms with van der Waals surface area (Å²) in [6, 6.07) is 18.3. The number of ether oxygens (including phenoxy) is 1. The number of carbonyl (C=O) groups excluding carboxylic acids is 2. The predicted molar refractivity (Wildman–Crippen MR) is 140 cm³/mol. The first-order valence-corrected chi connectivity index (χ1v) is 12.6. The number of amides is 2. The number of hydrogen-bond donors (Lipinski definition) is 0. The minimum Gasteiger partial charge on any atom is -0.493 e. The van der Waals surface area contributed by atoms with Gasteiger partial charge in [-0.25, -0.2) is 4.79 Å². The number of hydrogen-bond acceptors (Lipinski definition) is 5. The molecule has 0 unspecified atom stereocenters. The second kappa shape index (κ2) is 10.4. The van der Waals surface area contributed by atoms with Gasteiger partial charge in [-0.1, -0.05) is 49.9 Å². The molecule has 2 amide bonds. The van der Waals surface area contributed by atoms with E-state index in [1.54, 1.807) is 6.07 Å². The average molecular weight is 484 g/mol. The molecule has 3 aromatic carbocycles. The zero-order chi connectivity index (χ0) is 25.1. The molecule has 0 aliphatic carbocycles. The van der Waals surface area contributed by atoms with Crippen LogP contribution >= 0.6 is 0 Å². The molecule has 0 bridgehead atoms. The lowest BCUT2D eigenvalue weighted by Gasteiger charge is -2.27. The van der Waals surface area contributed by atoms with Crippen LogP contribution in [0.3, 0.4) is 0 Å². The highest BCUT2D eigenvalue weighted by molar-refractivity contribution is 6.25. The highest BCUT2D eigenvalue weighted by atomic mass is 16.5. The van der Waals surface area contributed by atoms with E-state index in [2.05, 4.69) is 0 Å². The van der Waals surface area contributed by atoms with Crippen LogP contribution in [-0.2, 0) is 0 Å². The van der Waals surface area contributed by atoms with Gasteiger partial charge in [-0.2, -0.15) is 0 Å². The van der Waals surface area contributed by atoms with Gasteiger partial charge < -0.3 is 9.15 Å². The molecule has 1 aliphatic heterocycles. The van der Waals surface area contributed by atoms with Crippen molar-refractivity contribution in [2.45, 2.75) is 45.4 Å². The molecule has 0 fully saturated rings. The van der Waals surface area contributed by atoms with Crippen LogP contribution in [0, 0.1) is 6.92 Å². The third-order valence-electron chi connectivity index (χ3n) is 6.82. The summed E-state index contributed by atoms with van der Waals surface area (Å²) in [4.78, 5) is 38.9. The number of aryl methyl sites for hydroxylation is 1. The van der Waals surface area contributed by atoms with Gasteiger partial charge in [0.1, 0.15) is 11.3 Å². The van der Waals surface area contributed by atoms with Gasteiger partial charge in [-0.05, 0) is 55.0 Å². The molecule has 0 atom stereocenters. The summed E-state index contributed by atoms with van der Waals surface area (Å²) < 4.78 is 11.1. The first kappa shape index (κ1) is 23.8. The van der Waals surface area contributed by atoms with Crippen molar-refractivity contribution in [2.24, 2.45) is 0 Å². The Hall–Kier alpha value is -3.93. The minimum absolute atomic E-state index is 0.190. The fourth-order valence-corrected chi connectivity index (χ4v) is 4.95. The number of rotatable bonds is 10. The quantitative estimate of drug-likeness (QED) is 0.151. The standard InChI is InChI=1S/C30H29NO5/c1-20-18-27(32)36-26-19-22(14-15-23(20)26)35-17-7-5-3-2-4-6-16-31-29(33)24-12-8-10-21-11-9-13-25(28(21)24)30(31)34/h8-15,18-19H,2-7,16-17H2,1H3. The van der Waals surface area contributed by atoms with Gasteiger partial charge in [0.2, 0.25) is 0 Å². The molecule has 1 aliphatic rings. The smallest absolute Gasteiger partial charge is 0.336 e. The lowest BCUT2D eigenvalue weighted by molar-refractivity contribution is 0.0607. The molecular formula is C30H29NO5. The molecule has 0 spiro atoms. The minimum atomic E-state index is -0.353. The van der Waals surface area contributed by atoms with Crippen LogP contribution in [0.15, 0.2) is 69.9 Å². The van der Waals surface area contributed by atoms with Gasteiger partial charge in [0.05, 0.1) is 6.61 Å². The second-order valence-corrected chi connectivity index (χ2v) is 9.35. The Kier molecular flexibility index (Phi) is 6.85. The van der Waals surface area contributed by atoms with Gasteiger partial charge in [0, 0.05) is 40.6 Å². The Morgan fingerprint density at radius 2 is 1.44 bits per heavy atom. The Balaban J connectivity index is 1.03. The largest absolute Gasteiger partial charge is 0.493 e. The summed E-state index contributed by atoms with van der Waals surface area (Å²) in [6.07, 6.45) is 5.85. The molecule has 2 heterocycles. The number of fused-ring (bicyclic) bond motifs is 1. The zero-order valence-corrected chi connectivity index (χ0v) is 20.4. The summed E-state index contributed by atoms with van der Waals surface area (Å²) in [5, 5.41) is 2.62. The third-order valence-corrected chi connectivity index (χ3v) is 6.82. The van der Waals surface area contributed by atoms with E-state index in [4.69, 9.17) is 9.15 Å². The molecule has 5 rings (SSSR count). The van der Waals surface area contributed by atoms with Gasteiger partial charge in [0.15, 0.2) is 0 Å². The number of nitrogens with zero attached hydrogens (tertiary/aromatic N) is 1. The van der Waals surface area contributed by atoms with E-state index in [0.29, 0.717) is 35.6 Å². The predicted octanol–water partition coefficient (Wildman–Crippen LogP) is 6.27. The SMILES string of the molecule is Cc1cc(=O)oc2cc(OCCCCCCCCN3C(=O)c4cccc5cccc(c45)C3=O)ccc12. The van der Waals surface area contributed by atoms with Crippen LogP contribution in [0.2, 0.25) is 0 Å². The summed E-state index contributed by atoms with van der Waals surface area (Å²) in [6.45, 7) is 2.94. The number of benzene rings is 3. The highest BCUT2D eigenvalue weighted by Gasteiger charge is 2.31. The lowest BCUT2D eigenvalue weighted by atomic mass is 9.94. The van der Waals surface area contributed by atoms with Crippen molar-refractivity contribution in [2.75, 3.05) is 13.2 Å². The van der Waals surface area contributed by atoms with Crippen LogP contribution in [0.1, 0.15) is 64.8 Å². The van der Waals surface area contributed by atoms with Crippen LogP contribution in [0.25, 0.3) is 21.7 Å². The van der Waals surface area contributed by atoms with Gasteiger partial charge in [-0.3, -0.25) is 14.5 Å². The molecule has 36 heavy (non-hydrogen) atoms. The molecule has 4 aromatic rings. The van der Waals surface area contributed by atoms with Crippen molar-refractivity contribution in [3.05, 3.63) is 87.8 Å². The van der Waals surface area contributed by atoms with E-state index >= 15 is 0 Å². The van der Waals surface area contributed by atoms with Gasteiger partial charge >= 0.3 is 5.63 Å². The summed E-state index contributed by atoms with van der Waals surface area (Å²) in [5.74, 6) is 0.318. The number of imide groups is 1. The van der Waals surface area contributed by atoms with Crippen molar-refractivity contribution in [3.63, 3.8) is 0 Å². The van der Waals surface area contributed by atoms with E-state index < -0.39 is 0 Å². The van der Waals surface area contributed by atoms with Gasteiger partial charge in [-0.15, -0.1) is 0 Å². The maximum Gasteiger partial charge on any atom is 0.336 e. The normalized spacial score (nSPS) is 13.1. The molecule has 6 heteroatoms. The molecule has 1 aromatic heterocycles. The summed E-state index contributed by atoms with van der Waals surface area (Å²) >= 11 is 0. The van der Waals surface area contributed by atoms with E-state index in [-0.39, 0.29) is 17.4 Å². The van der Waals surface area contributed by atoms with Crippen LogP contribution in [-0.4, -0.2) is 29.9 Å². The molecule has 6 nitrogen and oxygen atoms in total. The molecule has 0 radical (unpaired) electrons. The molecular weight excluding hydrogens is 454 g/mol. The number of carbonyl (C=O) groups is 2. The Morgan fingerprint density at radius 1 is 0.778 bits per heavy atom. The van der Waals surface area contributed by atoms with Crippen molar-refractivity contribution in [3.8, 4) is 5.75 Å². The fraction of sp³-hybridized carbons (Fsp3) is 0.300. The monoisotopic (exact) mass is 483 g/mol. The molecule has 184 valence electrons. The summed E-state index contributed by atoms with van der Waals surface area (Å²) in [7, 11) is 0. The first-order valence-electron chi connectivity index (χ1n) is 12.6. The zero-order valence-electron chi connectivity index (χ0n) is 20.4. The third kappa shape index (κ3) is 4.76. The Bertz CT molecular complexity index is 1450. The van der Waals surface area contributed by atoms with E-state index in [0.717, 1.165) is 60.2 Å². The van der Waals surface area contributed by atoms with Crippen LogP contribution < -0.4 is 10.4 Å². The van der Waals surface area contributed by atoms with Crippen molar-refractivity contribution in [1.29, 1.82) is 0 Å². The van der Waals surface area contributed by atoms with Crippen molar-refractivity contribution < 1.29 is 18.7 Å². The van der Waals surface area contributed by atoms with E-state index in [1.807, 2.05) is 55.5 Å². The molecule has 0 N–H and O–H groups in total. The maximum atomic E-state index is 12.9. The molecule has 0 saturated heterocycles. The topological polar surface area (TPSA) is 76.8 Å². The fourth-order valence-electron chi connectivity index (χ4n) is 4.95. The molecule has 0 saturated carbocycles. The van der Waals surface area contributed by atoms with Crippen LogP contribution in [0.4, 0.5) is 0 Å². The first-order chi connectivity index (χ1) is 17.5. The maximum absolute atomic E-state index is 12.9. The highest BCUT2D eigenvalue weighted by Crippen LogP contribution is 2.30. The Labute approximate surface area is 209 Å². The lowest BCUT2D eigenvalue weighted by Crippen LogP contribution is -2.40.